The third kappa shape index (κ3) is 3.56. The van der Waals surface area contributed by atoms with Gasteiger partial charge < -0.3 is 0 Å². The van der Waals surface area contributed by atoms with Crippen LogP contribution in [0.4, 0.5) is 5.69 Å². The number of non-ortho nitro benzene ring substituents is 1. The van der Waals surface area contributed by atoms with Gasteiger partial charge in [0.1, 0.15) is 15.9 Å². The van der Waals surface area contributed by atoms with Gasteiger partial charge in [-0.25, -0.2) is 16.8 Å². The van der Waals surface area contributed by atoms with Crippen molar-refractivity contribution in [3.05, 3.63) is 52.6 Å². The lowest BCUT2D eigenvalue weighted by atomic mass is 10.3. The van der Waals surface area contributed by atoms with Gasteiger partial charge in [-0.05, 0) is 24.3 Å². The molecule has 0 N–H and O–H groups in total. The Morgan fingerprint density at radius 1 is 0.867 bits per heavy atom. The highest BCUT2D eigenvalue weighted by Crippen LogP contribution is 2.26. The molecule has 1 saturated heterocycles. The van der Waals surface area contributed by atoms with E-state index in [-0.39, 0.29) is 41.7 Å². The summed E-state index contributed by atoms with van der Waals surface area (Å²) in [6.07, 6.45) is 0. The molecule has 158 valence electrons. The van der Waals surface area contributed by atoms with Crippen molar-refractivity contribution in [1.82, 2.24) is 17.4 Å². The number of nitro benzene ring substituents is 1. The Hall–Kier alpha value is -2.52. The van der Waals surface area contributed by atoms with Crippen LogP contribution in [0, 0.1) is 10.1 Å². The third-order valence-corrected chi connectivity index (χ3v) is 9.14. The quantitative estimate of drug-likeness (QED) is 0.402. The summed E-state index contributed by atoms with van der Waals surface area (Å²) in [6, 6.07) is 9.31. The van der Waals surface area contributed by atoms with E-state index < -0.39 is 25.0 Å². The number of fused-ring (bicyclic) bond motifs is 1. The molecule has 0 aliphatic carbocycles. The first kappa shape index (κ1) is 20.7. The zero-order valence-electron chi connectivity index (χ0n) is 15.3. The molecule has 4 rings (SSSR count). The minimum absolute atomic E-state index is 0.0253. The van der Waals surface area contributed by atoms with Crippen molar-refractivity contribution in [2.45, 2.75) is 9.79 Å². The number of hydrogen-bond donors (Lipinski definition) is 0. The molecule has 1 aromatic heterocycles. The van der Waals surface area contributed by atoms with E-state index in [1.54, 1.807) is 12.1 Å². The molecule has 2 heterocycles. The van der Waals surface area contributed by atoms with Crippen molar-refractivity contribution in [2.24, 2.45) is 0 Å². The Morgan fingerprint density at radius 3 is 2.07 bits per heavy atom. The van der Waals surface area contributed by atoms with Crippen LogP contribution in [0.25, 0.3) is 11.0 Å². The predicted octanol–water partition coefficient (Wildman–Crippen LogP) is 1.29. The number of nitro groups is 1. The molecule has 0 saturated carbocycles. The number of sulfonamides is 2. The second kappa shape index (κ2) is 7.63. The highest BCUT2D eigenvalue weighted by atomic mass is 32.2. The average Bonchev–Trinajstić information content (AvgIpc) is 3.22. The van der Waals surface area contributed by atoms with Crippen LogP contribution < -0.4 is 0 Å². The molecule has 0 spiro atoms. The van der Waals surface area contributed by atoms with E-state index >= 15 is 0 Å². The summed E-state index contributed by atoms with van der Waals surface area (Å²) in [6.45, 7) is -0.126. The normalized spacial score (nSPS) is 16.7. The molecule has 0 radical (unpaired) electrons. The lowest BCUT2D eigenvalue weighted by Gasteiger charge is -2.33. The maximum Gasteiger partial charge on any atom is 0.269 e. The fourth-order valence-electron chi connectivity index (χ4n) is 3.17. The van der Waals surface area contributed by atoms with Gasteiger partial charge in [0.2, 0.25) is 20.0 Å². The van der Waals surface area contributed by atoms with E-state index in [1.807, 2.05) is 0 Å². The Morgan fingerprint density at radius 2 is 1.47 bits per heavy atom. The second-order valence-corrected chi connectivity index (χ2v) is 10.8. The smallest absolute Gasteiger partial charge is 0.258 e. The van der Waals surface area contributed by atoms with E-state index in [4.69, 9.17) is 0 Å². The summed E-state index contributed by atoms with van der Waals surface area (Å²) < 4.78 is 62.2. The first-order valence-corrected chi connectivity index (χ1v) is 12.3. The molecule has 1 fully saturated rings. The molecule has 0 bridgehead atoms. The number of hydrogen-bond acceptors (Lipinski definition) is 9. The van der Waals surface area contributed by atoms with Crippen molar-refractivity contribution in [1.29, 1.82) is 0 Å². The molecular formula is C16H15N5O6S3. The predicted molar refractivity (Wildman–Crippen MR) is 108 cm³/mol. The van der Waals surface area contributed by atoms with Crippen LogP contribution in [0.2, 0.25) is 0 Å². The lowest BCUT2D eigenvalue weighted by Crippen LogP contribution is -2.50. The number of aromatic nitrogens is 2. The van der Waals surface area contributed by atoms with Gasteiger partial charge in [0.05, 0.1) is 21.5 Å². The largest absolute Gasteiger partial charge is 0.269 e. The van der Waals surface area contributed by atoms with Gasteiger partial charge in [-0.1, -0.05) is 6.07 Å². The minimum Gasteiger partial charge on any atom is -0.258 e. The standard InChI is InChI=1S/C16H15N5O6S3/c22-21(23)12-4-6-13(7-5-12)29(24,25)19-8-10-20(11-9-19)30(26,27)15-3-1-2-14-16(15)18-28-17-14/h1-7H,8-11H2. The van der Waals surface area contributed by atoms with Crippen molar-refractivity contribution < 1.29 is 21.8 Å². The molecule has 1 aliphatic heterocycles. The van der Waals surface area contributed by atoms with Gasteiger partial charge in [0.15, 0.2) is 0 Å². The average molecular weight is 470 g/mol. The topological polar surface area (TPSA) is 144 Å². The lowest BCUT2D eigenvalue weighted by molar-refractivity contribution is -0.384. The van der Waals surface area contributed by atoms with Crippen LogP contribution in [0.3, 0.4) is 0 Å². The van der Waals surface area contributed by atoms with E-state index in [0.29, 0.717) is 11.0 Å². The van der Waals surface area contributed by atoms with E-state index in [2.05, 4.69) is 8.75 Å². The Kier molecular flexibility index (Phi) is 5.27. The molecule has 0 amide bonds. The number of rotatable bonds is 5. The van der Waals surface area contributed by atoms with Gasteiger partial charge in [-0.15, -0.1) is 0 Å². The number of piperazine rings is 1. The first-order chi connectivity index (χ1) is 14.2. The highest BCUT2D eigenvalue weighted by molar-refractivity contribution is 7.89. The molecule has 3 aromatic rings. The number of benzene rings is 2. The summed E-state index contributed by atoms with van der Waals surface area (Å²) >= 11 is 0.921. The summed E-state index contributed by atoms with van der Waals surface area (Å²) in [5, 5.41) is 10.8. The second-order valence-electron chi connectivity index (χ2n) is 6.45. The SMILES string of the molecule is O=[N+]([O-])c1ccc(S(=O)(=O)N2CCN(S(=O)(=O)c3cccc4nsnc34)CC2)cc1. The summed E-state index contributed by atoms with van der Waals surface area (Å²) in [5.41, 5.74) is 0.569. The van der Waals surface area contributed by atoms with Crippen LogP contribution in [0.15, 0.2) is 52.3 Å². The van der Waals surface area contributed by atoms with Gasteiger partial charge in [0.25, 0.3) is 5.69 Å². The van der Waals surface area contributed by atoms with Gasteiger partial charge in [0, 0.05) is 38.3 Å². The fraction of sp³-hybridized carbons (Fsp3) is 0.250. The van der Waals surface area contributed by atoms with Crippen LogP contribution in [-0.4, -0.2) is 65.3 Å². The maximum absolute atomic E-state index is 13.1. The summed E-state index contributed by atoms with van der Waals surface area (Å²) in [5.74, 6) is 0. The van der Waals surface area contributed by atoms with Gasteiger partial charge in [-0.3, -0.25) is 10.1 Å². The van der Waals surface area contributed by atoms with Crippen LogP contribution >= 0.6 is 11.7 Å². The summed E-state index contributed by atoms with van der Waals surface area (Å²) in [4.78, 5) is 10.1. The zero-order chi connectivity index (χ0) is 21.5. The summed E-state index contributed by atoms with van der Waals surface area (Å²) in [7, 11) is -7.76. The van der Waals surface area contributed by atoms with Gasteiger partial charge >= 0.3 is 0 Å². The van der Waals surface area contributed by atoms with Crippen LogP contribution in [0.1, 0.15) is 0 Å². The van der Waals surface area contributed by atoms with Gasteiger partial charge in [-0.2, -0.15) is 17.4 Å². The van der Waals surface area contributed by atoms with Crippen LogP contribution in [-0.2, 0) is 20.0 Å². The first-order valence-electron chi connectivity index (χ1n) is 8.67. The van der Waals surface area contributed by atoms with E-state index in [0.717, 1.165) is 23.9 Å². The van der Waals surface area contributed by atoms with Crippen molar-refractivity contribution in [3.63, 3.8) is 0 Å². The highest BCUT2D eigenvalue weighted by Gasteiger charge is 2.35. The van der Waals surface area contributed by atoms with E-state index in [1.165, 1.54) is 26.8 Å². The molecule has 0 unspecified atom stereocenters. The maximum atomic E-state index is 13.1. The van der Waals surface area contributed by atoms with Crippen LogP contribution in [0.5, 0.6) is 0 Å². The Bertz CT molecular complexity index is 1310. The molecule has 1 aliphatic rings. The third-order valence-electron chi connectivity index (χ3n) is 4.75. The monoisotopic (exact) mass is 469 g/mol. The van der Waals surface area contributed by atoms with Crippen molar-refractivity contribution >= 4 is 48.5 Å². The molecule has 2 aromatic carbocycles. The van der Waals surface area contributed by atoms with Crippen molar-refractivity contribution in [3.8, 4) is 0 Å². The minimum atomic E-state index is -3.90. The molecule has 11 nitrogen and oxygen atoms in total. The van der Waals surface area contributed by atoms with Crippen molar-refractivity contribution in [2.75, 3.05) is 26.2 Å². The molecule has 0 atom stereocenters. The number of nitrogens with zero attached hydrogens (tertiary/aromatic N) is 5. The Balaban J connectivity index is 1.53. The molecule has 30 heavy (non-hydrogen) atoms. The molecule has 14 heteroatoms. The molecular weight excluding hydrogens is 454 g/mol. The van der Waals surface area contributed by atoms with E-state index in [9.17, 15) is 26.9 Å². The Labute approximate surface area is 176 Å². The fourth-order valence-corrected chi connectivity index (χ4v) is 6.76. The zero-order valence-corrected chi connectivity index (χ0v) is 17.7.